The third-order valence-corrected chi connectivity index (χ3v) is 4.45. The van der Waals surface area contributed by atoms with E-state index in [-0.39, 0.29) is 12.4 Å². The summed E-state index contributed by atoms with van der Waals surface area (Å²) in [6, 6.07) is 6.41. The van der Waals surface area contributed by atoms with Gasteiger partial charge in [-0.2, -0.15) is 0 Å². The molecule has 0 unspecified atom stereocenters. The first-order chi connectivity index (χ1) is 9.72. The highest BCUT2D eigenvalue weighted by atomic mass is 35.5. The lowest BCUT2D eigenvalue weighted by molar-refractivity contribution is 0.590. The molecule has 0 amide bonds. The largest absolute Gasteiger partial charge is 0.367 e. The van der Waals surface area contributed by atoms with Crippen LogP contribution in [0.1, 0.15) is 18.2 Å². The fraction of sp³-hybridized carbons (Fsp3) is 0.438. The summed E-state index contributed by atoms with van der Waals surface area (Å²) in [5.74, 6) is 0. The standard InChI is InChI=1S/C16H20ClN3.ClH/c1-3-12-5-4-6-13-15(12)19-11(2)14(17)16(13)20-9-7-18-8-10-20;/h4-6,18H,3,7-10H2,1-2H3;1H. The van der Waals surface area contributed by atoms with Crippen molar-refractivity contribution in [3.05, 3.63) is 34.5 Å². The van der Waals surface area contributed by atoms with Crippen LogP contribution in [0.3, 0.4) is 0 Å². The van der Waals surface area contributed by atoms with Crippen molar-refractivity contribution < 1.29 is 0 Å². The maximum Gasteiger partial charge on any atom is 0.0858 e. The summed E-state index contributed by atoms with van der Waals surface area (Å²) in [6.07, 6.45) is 0.992. The van der Waals surface area contributed by atoms with E-state index in [1.807, 2.05) is 6.92 Å². The van der Waals surface area contributed by atoms with E-state index >= 15 is 0 Å². The summed E-state index contributed by atoms with van der Waals surface area (Å²) in [4.78, 5) is 7.11. The van der Waals surface area contributed by atoms with Crippen molar-refractivity contribution in [1.82, 2.24) is 10.3 Å². The minimum atomic E-state index is 0. The van der Waals surface area contributed by atoms with Crippen molar-refractivity contribution in [2.24, 2.45) is 0 Å². The van der Waals surface area contributed by atoms with Gasteiger partial charge in [-0.25, -0.2) is 0 Å². The van der Waals surface area contributed by atoms with E-state index in [0.29, 0.717) is 0 Å². The Labute approximate surface area is 137 Å². The van der Waals surface area contributed by atoms with E-state index in [1.54, 1.807) is 0 Å². The number of nitrogens with zero attached hydrogens (tertiary/aromatic N) is 2. The molecule has 0 spiro atoms. The van der Waals surface area contributed by atoms with Crippen LogP contribution in [0.2, 0.25) is 5.02 Å². The Hall–Kier alpha value is -1.03. The lowest BCUT2D eigenvalue weighted by Crippen LogP contribution is -2.43. The van der Waals surface area contributed by atoms with Crippen LogP contribution in [0.5, 0.6) is 0 Å². The Kier molecular flexibility index (Phi) is 5.31. The van der Waals surface area contributed by atoms with Gasteiger partial charge in [0.25, 0.3) is 0 Å². The molecule has 0 aliphatic carbocycles. The van der Waals surface area contributed by atoms with E-state index in [1.165, 1.54) is 10.9 Å². The molecule has 1 N–H and O–H groups in total. The topological polar surface area (TPSA) is 28.2 Å². The Bertz CT molecular complexity index is 637. The van der Waals surface area contributed by atoms with E-state index in [2.05, 4.69) is 35.3 Å². The highest BCUT2D eigenvalue weighted by Crippen LogP contribution is 2.36. The lowest BCUT2D eigenvalue weighted by Gasteiger charge is -2.31. The number of fused-ring (bicyclic) bond motifs is 1. The van der Waals surface area contributed by atoms with Gasteiger partial charge < -0.3 is 10.2 Å². The molecule has 114 valence electrons. The van der Waals surface area contributed by atoms with Crippen LogP contribution >= 0.6 is 24.0 Å². The second-order valence-corrected chi connectivity index (χ2v) is 5.64. The van der Waals surface area contributed by atoms with Crippen molar-refractivity contribution in [1.29, 1.82) is 0 Å². The highest BCUT2D eigenvalue weighted by molar-refractivity contribution is 6.35. The first-order valence-corrected chi connectivity index (χ1v) is 7.63. The first-order valence-electron chi connectivity index (χ1n) is 7.25. The zero-order chi connectivity index (χ0) is 14.1. The van der Waals surface area contributed by atoms with Gasteiger partial charge in [0.05, 0.1) is 21.9 Å². The number of anilines is 1. The molecule has 1 aliphatic heterocycles. The third-order valence-electron chi connectivity index (χ3n) is 3.99. The molecule has 0 bridgehead atoms. The maximum absolute atomic E-state index is 6.58. The molecular weight excluding hydrogens is 305 g/mol. The molecule has 0 saturated carbocycles. The van der Waals surface area contributed by atoms with Crippen molar-refractivity contribution in [2.75, 3.05) is 31.1 Å². The fourth-order valence-corrected chi connectivity index (χ4v) is 3.17. The summed E-state index contributed by atoms with van der Waals surface area (Å²) in [7, 11) is 0. The Morgan fingerprint density at radius 1 is 1.29 bits per heavy atom. The molecule has 0 radical (unpaired) electrons. The van der Waals surface area contributed by atoms with Crippen LogP contribution in [0.15, 0.2) is 18.2 Å². The molecule has 1 saturated heterocycles. The molecule has 3 nitrogen and oxygen atoms in total. The molecule has 2 heterocycles. The van der Waals surface area contributed by atoms with Crippen LogP contribution < -0.4 is 10.2 Å². The Balaban J connectivity index is 0.00000161. The average molecular weight is 326 g/mol. The van der Waals surface area contributed by atoms with Gasteiger partial charge in [0.2, 0.25) is 0 Å². The van der Waals surface area contributed by atoms with Crippen LogP contribution in [-0.2, 0) is 6.42 Å². The minimum absolute atomic E-state index is 0. The zero-order valence-corrected chi connectivity index (χ0v) is 14.0. The molecule has 1 aliphatic rings. The molecular formula is C16H21Cl2N3. The highest BCUT2D eigenvalue weighted by Gasteiger charge is 2.19. The van der Waals surface area contributed by atoms with Crippen LogP contribution in [-0.4, -0.2) is 31.2 Å². The number of para-hydroxylation sites is 1. The number of hydrogen-bond donors (Lipinski definition) is 1. The zero-order valence-electron chi connectivity index (χ0n) is 12.4. The Morgan fingerprint density at radius 2 is 2.00 bits per heavy atom. The molecule has 3 rings (SSSR count). The van der Waals surface area contributed by atoms with Gasteiger partial charge in [-0.3, -0.25) is 4.98 Å². The Morgan fingerprint density at radius 3 is 2.67 bits per heavy atom. The number of aromatic nitrogens is 1. The number of aryl methyl sites for hydroxylation is 2. The van der Waals surface area contributed by atoms with Gasteiger partial charge in [-0.05, 0) is 18.9 Å². The number of piperazine rings is 1. The molecule has 1 fully saturated rings. The number of benzene rings is 1. The summed E-state index contributed by atoms with van der Waals surface area (Å²) < 4.78 is 0. The average Bonchev–Trinajstić information content (AvgIpc) is 2.49. The van der Waals surface area contributed by atoms with Gasteiger partial charge in [0.15, 0.2) is 0 Å². The van der Waals surface area contributed by atoms with E-state index in [9.17, 15) is 0 Å². The summed E-state index contributed by atoms with van der Waals surface area (Å²) in [5.41, 5.74) is 4.48. The van der Waals surface area contributed by atoms with Crippen LogP contribution in [0.25, 0.3) is 10.9 Å². The lowest BCUT2D eigenvalue weighted by atomic mass is 10.0. The van der Waals surface area contributed by atoms with Crippen molar-refractivity contribution in [2.45, 2.75) is 20.3 Å². The fourth-order valence-electron chi connectivity index (χ4n) is 2.90. The molecule has 1 aromatic carbocycles. The number of halogens is 2. The van der Waals surface area contributed by atoms with Gasteiger partial charge in [-0.1, -0.05) is 36.7 Å². The van der Waals surface area contributed by atoms with Gasteiger partial charge in [0.1, 0.15) is 0 Å². The molecule has 1 aromatic heterocycles. The molecule has 21 heavy (non-hydrogen) atoms. The number of pyridine rings is 1. The minimum Gasteiger partial charge on any atom is -0.367 e. The second kappa shape index (κ2) is 6.82. The predicted molar refractivity (Wildman–Crippen MR) is 93.2 cm³/mol. The predicted octanol–water partition coefficient (Wildman–Crippen LogP) is 3.59. The summed E-state index contributed by atoms with van der Waals surface area (Å²) >= 11 is 6.58. The summed E-state index contributed by atoms with van der Waals surface area (Å²) in [5, 5.41) is 5.37. The quantitative estimate of drug-likeness (QED) is 0.914. The van der Waals surface area contributed by atoms with Gasteiger partial charge in [-0.15, -0.1) is 12.4 Å². The van der Waals surface area contributed by atoms with Crippen molar-refractivity contribution in [3.63, 3.8) is 0 Å². The van der Waals surface area contributed by atoms with E-state index in [4.69, 9.17) is 16.6 Å². The van der Waals surface area contributed by atoms with Crippen molar-refractivity contribution in [3.8, 4) is 0 Å². The number of nitrogens with one attached hydrogen (secondary N) is 1. The van der Waals surface area contributed by atoms with Crippen LogP contribution in [0, 0.1) is 6.92 Å². The smallest absolute Gasteiger partial charge is 0.0858 e. The maximum atomic E-state index is 6.58. The van der Waals surface area contributed by atoms with E-state index in [0.717, 1.165) is 54.5 Å². The first kappa shape index (κ1) is 16.3. The van der Waals surface area contributed by atoms with Crippen molar-refractivity contribution >= 4 is 40.6 Å². The van der Waals surface area contributed by atoms with Gasteiger partial charge in [0, 0.05) is 31.6 Å². The number of hydrogen-bond acceptors (Lipinski definition) is 3. The number of rotatable bonds is 2. The van der Waals surface area contributed by atoms with E-state index < -0.39 is 0 Å². The molecule has 2 aromatic rings. The normalized spacial score (nSPS) is 15.1. The summed E-state index contributed by atoms with van der Waals surface area (Å²) in [6.45, 7) is 8.17. The molecule has 0 atom stereocenters. The molecule has 5 heteroatoms. The SMILES string of the molecule is CCc1cccc2c(N3CCNCC3)c(Cl)c(C)nc12.Cl. The van der Waals surface area contributed by atoms with Crippen LogP contribution in [0.4, 0.5) is 5.69 Å². The third kappa shape index (κ3) is 2.96. The van der Waals surface area contributed by atoms with Gasteiger partial charge >= 0.3 is 0 Å². The monoisotopic (exact) mass is 325 g/mol. The second-order valence-electron chi connectivity index (χ2n) is 5.26.